The highest BCUT2D eigenvalue weighted by Gasteiger charge is 2.48. The van der Waals surface area contributed by atoms with Gasteiger partial charge in [0.2, 0.25) is 0 Å². The zero-order valence-electron chi connectivity index (χ0n) is 11.8. The Morgan fingerprint density at radius 2 is 1.72 bits per heavy atom. The maximum Gasteiger partial charge on any atom is 0.333 e. The summed E-state index contributed by atoms with van der Waals surface area (Å²) in [7, 11) is 0. The summed E-state index contributed by atoms with van der Waals surface area (Å²) in [5, 5.41) is 10.6. The Bertz CT molecular complexity index is 331. The molecule has 104 valence electrons. The number of piperidine rings is 1. The lowest BCUT2D eigenvalue weighted by Gasteiger charge is -2.51. The lowest BCUT2D eigenvalue weighted by molar-refractivity contribution is -0.455. The van der Waals surface area contributed by atoms with Crippen molar-refractivity contribution in [2.24, 2.45) is 0 Å². The van der Waals surface area contributed by atoms with Crippen LogP contribution < -0.4 is 0 Å². The average molecular weight is 257 g/mol. The summed E-state index contributed by atoms with van der Waals surface area (Å²) in [5.41, 5.74) is -0.445. The van der Waals surface area contributed by atoms with E-state index >= 15 is 0 Å². The van der Waals surface area contributed by atoms with Gasteiger partial charge < -0.3 is 4.74 Å². The van der Waals surface area contributed by atoms with E-state index in [2.05, 4.69) is 11.6 Å². The lowest BCUT2D eigenvalue weighted by atomic mass is 9.80. The SMILES string of the molecule is C=C(C)C(=O)OC1CC(C)(C)N(OO)C(C)(C)C1. The fourth-order valence-corrected chi connectivity index (χ4v) is 2.73. The minimum atomic E-state index is -0.420. The first-order valence-corrected chi connectivity index (χ1v) is 6.08. The first kappa shape index (κ1) is 15.1. The monoisotopic (exact) mass is 257 g/mol. The first-order valence-electron chi connectivity index (χ1n) is 6.08. The van der Waals surface area contributed by atoms with Crippen LogP contribution in [0.25, 0.3) is 0 Å². The van der Waals surface area contributed by atoms with Gasteiger partial charge in [-0.1, -0.05) is 6.58 Å². The number of hydrogen-bond acceptors (Lipinski definition) is 5. The predicted octanol–water partition coefficient (Wildman–Crippen LogP) is 2.53. The highest BCUT2D eigenvalue weighted by Crippen LogP contribution is 2.39. The molecule has 5 heteroatoms. The van der Waals surface area contributed by atoms with Crippen molar-refractivity contribution in [1.29, 1.82) is 0 Å². The molecule has 1 fully saturated rings. The third-order valence-electron chi connectivity index (χ3n) is 3.26. The fourth-order valence-electron chi connectivity index (χ4n) is 2.73. The van der Waals surface area contributed by atoms with Gasteiger partial charge in [-0.25, -0.2) is 10.1 Å². The molecule has 0 aromatic carbocycles. The Labute approximate surface area is 108 Å². The van der Waals surface area contributed by atoms with Crippen LogP contribution in [0.15, 0.2) is 12.2 Å². The van der Waals surface area contributed by atoms with Crippen LogP contribution in [-0.2, 0) is 14.5 Å². The number of nitrogens with zero attached hydrogens (tertiary/aromatic N) is 1. The van der Waals surface area contributed by atoms with E-state index in [1.54, 1.807) is 12.0 Å². The predicted molar refractivity (Wildman–Crippen MR) is 67.6 cm³/mol. The normalized spacial score (nSPS) is 23.7. The van der Waals surface area contributed by atoms with Crippen LogP contribution in [0, 0.1) is 0 Å². The smallest absolute Gasteiger partial charge is 0.333 e. The highest BCUT2D eigenvalue weighted by molar-refractivity contribution is 5.87. The van der Waals surface area contributed by atoms with Crippen LogP contribution in [0.4, 0.5) is 0 Å². The Morgan fingerprint density at radius 3 is 2.06 bits per heavy atom. The second-order valence-corrected chi connectivity index (χ2v) is 6.22. The first-order chi connectivity index (χ1) is 8.10. The molecule has 0 aliphatic carbocycles. The molecule has 0 aromatic heterocycles. The number of hydrogen-bond donors (Lipinski definition) is 1. The second-order valence-electron chi connectivity index (χ2n) is 6.22. The largest absolute Gasteiger partial charge is 0.459 e. The van der Waals surface area contributed by atoms with Crippen LogP contribution in [-0.4, -0.2) is 33.5 Å². The van der Waals surface area contributed by atoms with E-state index in [0.29, 0.717) is 18.4 Å². The Balaban J connectivity index is 2.83. The molecule has 1 N–H and O–H groups in total. The molecule has 0 atom stereocenters. The summed E-state index contributed by atoms with van der Waals surface area (Å²) < 4.78 is 5.41. The van der Waals surface area contributed by atoms with Crippen molar-refractivity contribution in [3.8, 4) is 0 Å². The molecule has 0 unspecified atom stereocenters. The summed E-state index contributed by atoms with van der Waals surface area (Å²) in [5.74, 6) is -0.370. The van der Waals surface area contributed by atoms with Crippen molar-refractivity contribution in [3.05, 3.63) is 12.2 Å². The topological polar surface area (TPSA) is 59.0 Å². The van der Waals surface area contributed by atoms with Crippen LogP contribution in [0.1, 0.15) is 47.5 Å². The number of hydroxylamine groups is 2. The van der Waals surface area contributed by atoms with Crippen molar-refractivity contribution < 1.29 is 19.8 Å². The number of rotatable bonds is 3. The van der Waals surface area contributed by atoms with Gasteiger partial charge in [-0.05, 0) is 34.6 Å². The molecular weight excluding hydrogens is 234 g/mol. The lowest BCUT2D eigenvalue weighted by Crippen LogP contribution is -2.61. The molecule has 18 heavy (non-hydrogen) atoms. The summed E-state index contributed by atoms with van der Waals surface area (Å²) in [6.45, 7) is 12.9. The van der Waals surface area contributed by atoms with Gasteiger partial charge in [-0.2, -0.15) is 0 Å². The Hall–Kier alpha value is -0.910. The van der Waals surface area contributed by atoms with Crippen molar-refractivity contribution >= 4 is 5.97 Å². The van der Waals surface area contributed by atoms with E-state index in [1.807, 2.05) is 27.7 Å². The van der Waals surface area contributed by atoms with Crippen LogP contribution >= 0.6 is 0 Å². The van der Waals surface area contributed by atoms with Gasteiger partial charge in [0.25, 0.3) is 0 Å². The molecular formula is C13H23NO4. The average Bonchev–Trinajstić information content (AvgIpc) is 2.13. The Kier molecular flexibility index (Phi) is 4.20. The fraction of sp³-hybridized carbons (Fsp3) is 0.769. The summed E-state index contributed by atoms with van der Waals surface area (Å²) in [6.07, 6.45) is 0.983. The summed E-state index contributed by atoms with van der Waals surface area (Å²) in [4.78, 5) is 16.1. The van der Waals surface area contributed by atoms with E-state index in [-0.39, 0.29) is 12.1 Å². The van der Waals surface area contributed by atoms with Gasteiger partial charge in [0, 0.05) is 29.5 Å². The molecule has 0 bridgehead atoms. The zero-order chi connectivity index (χ0) is 14.1. The van der Waals surface area contributed by atoms with E-state index in [9.17, 15) is 4.79 Å². The van der Waals surface area contributed by atoms with Gasteiger partial charge in [0.15, 0.2) is 0 Å². The van der Waals surface area contributed by atoms with Gasteiger partial charge in [0.1, 0.15) is 6.10 Å². The van der Waals surface area contributed by atoms with E-state index in [0.717, 1.165) is 0 Å². The van der Waals surface area contributed by atoms with Gasteiger partial charge >= 0.3 is 5.97 Å². The third-order valence-corrected chi connectivity index (χ3v) is 3.26. The molecule has 5 nitrogen and oxygen atoms in total. The molecule has 0 spiro atoms. The van der Waals surface area contributed by atoms with E-state index in [1.165, 1.54) is 0 Å². The molecule has 1 aliphatic rings. The van der Waals surface area contributed by atoms with Crippen molar-refractivity contribution in [2.75, 3.05) is 0 Å². The number of carbonyl (C=O) groups excluding carboxylic acids is 1. The molecule has 0 aromatic rings. The van der Waals surface area contributed by atoms with Gasteiger partial charge in [-0.15, -0.1) is 10.1 Å². The van der Waals surface area contributed by atoms with E-state index < -0.39 is 11.1 Å². The molecule has 1 aliphatic heterocycles. The van der Waals surface area contributed by atoms with Gasteiger partial charge in [0.05, 0.1) is 0 Å². The van der Waals surface area contributed by atoms with Crippen LogP contribution in [0.5, 0.6) is 0 Å². The summed E-state index contributed by atoms with van der Waals surface area (Å²) >= 11 is 0. The molecule has 1 heterocycles. The Morgan fingerprint density at radius 1 is 1.28 bits per heavy atom. The van der Waals surface area contributed by atoms with Crippen LogP contribution in [0.3, 0.4) is 0 Å². The van der Waals surface area contributed by atoms with E-state index in [4.69, 9.17) is 9.99 Å². The molecule has 0 amide bonds. The number of ether oxygens (including phenoxy) is 1. The van der Waals surface area contributed by atoms with Crippen molar-refractivity contribution in [1.82, 2.24) is 5.06 Å². The maximum atomic E-state index is 11.6. The van der Waals surface area contributed by atoms with Gasteiger partial charge in [-0.3, -0.25) is 0 Å². The minimum absolute atomic E-state index is 0.203. The quantitative estimate of drug-likeness (QED) is 0.364. The van der Waals surface area contributed by atoms with Crippen molar-refractivity contribution in [3.63, 3.8) is 0 Å². The molecule has 1 saturated heterocycles. The van der Waals surface area contributed by atoms with Crippen molar-refractivity contribution in [2.45, 2.75) is 64.6 Å². The molecule has 0 radical (unpaired) electrons. The standard InChI is InChI=1S/C13H23NO4/c1-9(2)11(15)17-10-7-12(3,4)14(18-16)13(5,6)8-10/h10,16H,1,7-8H2,2-6H3. The zero-order valence-corrected chi connectivity index (χ0v) is 11.8. The molecule has 0 saturated carbocycles. The number of esters is 1. The summed E-state index contributed by atoms with van der Waals surface area (Å²) in [6, 6.07) is 0. The third kappa shape index (κ3) is 3.10. The second kappa shape index (κ2) is 4.99. The number of carbonyl (C=O) groups is 1. The highest BCUT2D eigenvalue weighted by atomic mass is 17.2. The maximum absolute atomic E-state index is 11.6. The molecule has 1 rings (SSSR count). The minimum Gasteiger partial charge on any atom is -0.459 e. The van der Waals surface area contributed by atoms with Crippen LogP contribution in [0.2, 0.25) is 0 Å².